The quantitative estimate of drug-likeness (QED) is 0.833. The Hall–Kier alpha value is -1.24. The Kier molecular flexibility index (Phi) is 5.14. The van der Waals surface area contributed by atoms with Gasteiger partial charge in [-0.25, -0.2) is 9.97 Å². The summed E-state index contributed by atoms with van der Waals surface area (Å²) in [6.45, 7) is 4.83. The van der Waals surface area contributed by atoms with Crippen LogP contribution in [0.15, 0.2) is 12.4 Å². The molecule has 2 unspecified atom stereocenters. The van der Waals surface area contributed by atoms with Crippen molar-refractivity contribution in [2.24, 2.45) is 0 Å². The van der Waals surface area contributed by atoms with Crippen LogP contribution in [0.5, 0.6) is 0 Å². The normalized spacial score (nSPS) is 31.1. The Labute approximate surface area is 138 Å². The Morgan fingerprint density at radius 2 is 2.17 bits per heavy atom. The van der Waals surface area contributed by atoms with Crippen molar-refractivity contribution in [1.29, 1.82) is 0 Å². The third-order valence-electron chi connectivity index (χ3n) is 5.30. The van der Waals surface area contributed by atoms with Crippen molar-refractivity contribution in [3.8, 4) is 0 Å². The molecule has 3 atom stereocenters. The minimum atomic E-state index is -0.208. The van der Waals surface area contributed by atoms with Crippen molar-refractivity contribution < 1.29 is 9.84 Å². The minimum Gasteiger partial charge on any atom is -0.393 e. The van der Waals surface area contributed by atoms with Crippen LogP contribution in [-0.4, -0.2) is 57.9 Å². The predicted molar refractivity (Wildman–Crippen MR) is 89.2 cm³/mol. The number of likely N-dealkylation sites (tertiary alicyclic amines) is 1. The molecule has 23 heavy (non-hydrogen) atoms. The lowest BCUT2D eigenvalue weighted by Crippen LogP contribution is -2.51. The molecule has 2 heterocycles. The van der Waals surface area contributed by atoms with E-state index >= 15 is 0 Å². The zero-order valence-corrected chi connectivity index (χ0v) is 14.2. The first kappa shape index (κ1) is 16.6. The first-order valence-corrected chi connectivity index (χ1v) is 8.69. The Balaban J connectivity index is 1.65. The van der Waals surface area contributed by atoms with E-state index in [2.05, 4.69) is 27.1 Å². The predicted octanol–water partition coefficient (Wildman–Crippen LogP) is 1.80. The van der Waals surface area contributed by atoms with Crippen molar-refractivity contribution in [2.45, 2.75) is 63.3 Å². The molecule has 0 aromatic carbocycles. The largest absolute Gasteiger partial charge is 0.393 e. The van der Waals surface area contributed by atoms with Crippen LogP contribution >= 0.6 is 0 Å². The maximum atomic E-state index is 10.1. The molecule has 0 amide bonds. The number of hydrogen-bond acceptors (Lipinski definition) is 6. The monoisotopic (exact) mass is 320 g/mol. The van der Waals surface area contributed by atoms with Gasteiger partial charge in [0.05, 0.1) is 11.7 Å². The minimum absolute atomic E-state index is 0.0806. The number of aromatic nitrogens is 2. The molecule has 6 nitrogen and oxygen atoms in total. The zero-order chi connectivity index (χ0) is 16.3. The highest BCUT2D eigenvalue weighted by molar-refractivity contribution is 5.24. The van der Waals surface area contributed by atoms with E-state index in [0.717, 1.165) is 57.3 Å². The fourth-order valence-corrected chi connectivity index (χ4v) is 3.96. The van der Waals surface area contributed by atoms with E-state index in [0.29, 0.717) is 5.95 Å². The van der Waals surface area contributed by atoms with Crippen molar-refractivity contribution in [1.82, 2.24) is 14.9 Å². The van der Waals surface area contributed by atoms with Crippen LogP contribution < -0.4 is 5.32 Å². The fraction of sp³-hybridized carbons (Fsp3) is 0.765. The molecule has 128 valence electrons. The second-order valence-electron chi connectivity index (χ2n) is 6.78. The fourth-order valence-electron chi connectivity index (χ4n) is 3.96. The number of aliphatic hydroxyl groups excluding tert-OH is 1. The van der Waals surface area contributed by atoms with Gasteiger partial charge < -0.3 is 15.2 Å². The number of nitrogens with zero attached hydrogens (tertiary/aromatic N) is 3. The lowest BCUT2D eigenvalue weighted by atomic mass is 9.79. The van der Waals surface area contributed by atoms with Crippen LogP contribution in [-0.2, 0) is 11.3 Å². The van der Waals surface area contributed by atoms with Crippen LogP contribution in [0, 0.1) is 0 Å². The van der Waals surface area contributed by atoms with Gasteiger partial charge in [-0.2, -0.15) is 0 Å². The van der Waals surface area contributed by atoms with Gasteiger partial charge in [-0.3, -0.25) is 4.90 Å². The Morgan fingerprint density at radius 3 is 2.87 bits per heavy atom. The number of fused-ring (bicyclic) bond motifs is 1. The van der Waals surface area contributed by atoms with Gasteiger partial charge in [0.25, 0.3) is 0 Å². The van der Waals surface area contributed by atoms with Gasteiger partial charge in [-0.15, -0.1) is 0 Å². The van der Waals surface area contributed by atoms with Crippen molar-refractivity contribution >= 4 is 5.95 Å². The number of hydrogen-bond donors (Lipinski definition) is 2. The number of aliphatic hydroxyl groups is 1. The molecule has 0 spiro atoms. The molecule has 2 N–H and O–H groups in total. The second kappa shape index (κ2) is 7.11. The van der Waals surface area contributed by atoms with E-state index in [1.165, 1.54) is 0 Å². The molecule has 1 aromatic rings. The lowest BCUT2D eigenvalue weighted by Gasteiger charge is -2.42. The average molecular weight is 320 g/mol. The summed E-state index contributed by atoms with van der Waals surface area (Å²) in [5.41, 5.74) is 1.03. The van der Waals surface area contributed by atoms with Crippen LogP contribution in [0.3, 0.4) is 0 Å². The molecule has 0 radical (unpaired) electrons. The second-order valence-corrected chi connectivity index (χ2v) is 6.78. The summed E-state index contributed by atoms with van der Waals surface area (Å²) in [5, 5.41) is 13.2. The molecule has 3 rings (SSSR count). The number of anilines is 1. The third-order valence-corrected chi connectivity index (χ3v) is 5.30. The summed E-state index contributed by atoms with van der Waals surface area (Å²) in [5.74, 6) is 0.691. The molecule has 2 aliphatic rings. The van der Waals surface area contributed by atoms with Crippen molar-refractivity contribution in [3.05, 3.63) is 18.0 Å². The van der Waals surface area contributed by atoms with Gasteiger partial charge in [0.2, 0.25) is 5.95 Å². The van der Waals surface area contributed by atoms with E-state index in [4.69, 9.17) is 4.74 Å². The molecule has 1 saturated carbocycles. The van der Waals surface area contributed by atoms with E-state index in [-0.39, 0.29) is 17.7 Å². The highest BCUT2D eigenvalue weighted by Crippen LogP contribution is 2.42. The summed E-state index contributed by atoms with van der Waals surface area (Å²) in [6.07, 6.45) is 8.28. The standard InChI is InChI=1S/C17H28N4O2/c1-3-7-18-16-19-10-13(11-20-16)12-21-8-6-17(23-2)5-4-14(22)9-15(17)21/h10-11,14-15,22H,3-9,12H2,1-2H3,(H,18,19,20)/t14?,15?,17-/m1/s1. The van der Waals surface area contributed by atoms with Gasteiger partial charge in [-0.05, 0) is 32.1 Å². The molecule has 1 aliphatic carbocycles. The Morgan fingerprint density at radius 1 is 1.39 bits per heavy atom. The van der Waals surface area contributed by atoms with Gasteiger partial charge in [0.1, 0.15) is 0 Å². The van der Waals surface area contributed by atoms with Gasteiger partial charge >= 0.3 is 0 Å². The first-order valence-electron chi connectivity index (χ1n) is 8.69. The third kappa shape index (κ3) is 3.49. The van der Waals surface area contributed by atoms with Crippen LogP contribution in [0.25, 0.3) is 0 Å². The summed E-state index contributed by atoms with van der Waals surface area (Å²) < 4.78 is 5.89. The molecular weight excluding hydrogens is 292 g/mol. The van der Waals surface area contributed by atoms with E-state index in [9.17, 15) is 5.11 Å². The highest BCUT2D eigenvalue weighted by atomic mass is 16.5. The van der Waals surface area contributed by atoms with Crippen LogP contribution in [0.2, 0.25) is 0 Å². The van der Waals surface area contributed by atoms with Gasteiger partial charge in [0.15, 0.2) is 0 Å². The molecule has 1 aliphatic heterocycles. The number of ether oxygens (including phenoxy) is 1. The van der Waals surface area contributed by atoms with Gasteiger partial charge in [-0.1, -0.05) is 6.92 Å². The highest BCUT2D eigenvalue weighted by Gasteiger charge is 2.50. The summed E-state index contributed by atoms with van der Waals surface area (Å²) >= 11 is 0. The van der Waals surface area contributed by atoms with E-state index in [1.54, 1.807) is 0 Å². The van der Waals surface area contributed by atoms with E-state index in [1.807, 2.05) is 19.5 Å². The zero-order valence-electron chi connectivity index (χ0n) is 14.2. The topological polar surface area (TPSA) is 70.5 Å². The smallest absolute Gasteiger partial charge is 0.222 e. The molecule has 1 saturated heterocycles. The average Bonchev–Trinajstić information content (AvgIpc) is 2.93. The van der Waals surface area contributed by atoms with E-state index < -0.39 is 0 Å². The summed E-state index contributed by atoms with van der Waals surface area (Å²) in [4.78, 5) is 11.2. The molecule has 6 heteroatoms. The van der Waals surface area contributed by atoms with Gasteiger partial charge in [0, 0.05) is 50.7 Å². The Bertz CT molecular complexity index is 510. The molecule has 1 aromatic heterocycles. The van der Waals surface area contributed by atoms with Crippen molar-refractivity contribution in [2.75, 3.05) is 25.5 Å². The number of nitrogens with one attached hydrogen (secondary N) is 1. The van der Waals surface area contributed by atoms with Crippen LogP contribution in [0.4, 0.5) is 5.95 Å². The first-order chi connectivity index (χ1) is 11.2. The SMILES string of the molecule is CCCNc1ncc(CN2CC[C@]3(OC)CCC(O)CC23)cn1. The number of methoxy groups -OCH3 is 1. The van der Waals surface area contributed by atoms with Crippen molar-refractivity contribution in [3.63, 3.8) is 0 Å². The lowest BCUT2D eigenvalue weighted by molar-refractivity contribution is -0.0879. The maximum absolute atomic E-state index is 10.1. The number of rotatable bonds is 6. The molecule has 2 fully saturated rings. The summed E-state index contributed by atoms with van der Waals surface area (Å²) in [7, 11) is 1.81. The summed E-state index contributed by atoms with van der Waals surface area (Å²) in [6, 6.07) is 0.286. The van der Waals surface area contributed by atoms with Crippen LogP contribution in [0.1, 0.15) is 44.6 Å². The maximum Gasteiger partial charge on any atom is 0.222 e. The molecule has 0 bridgehead atoms. The molecular formula is C17H28N4O2.